The van der Waals surface area contributed by atoms with Crippen LogP contribution in [0.15, 0.2) is 0 Å². The van der Waals surface area contributed by atoms with Gasteiger partial charge in [0, 0.05) is 6.92 Å². The lowest BCUT2D eigenvalue weighted by atomic mass is 10.3. The summed E-state index contributed by atoms with van der Waals surface area (Å²) >= 11 is 0. The summed E-state index contributed by atoms with van der Waals surface area (Å²) in [4.78, 5) is 22.2. The number of hydrogen-bond donors (Lipinski definition) is 0. The number of hydrogen-bond acceptors (Lipinski definition) is 5. The molecule has 0 saturated carbocycles. The van der Waals surface area contributed by atoms with Gasteiger partial charge in [-0.05, 0) is 12.8 Å². The third kappa shape index (κ3) is 7.75. The van der Waals surface area contributed by atoms with E-state index in [-0.39, 0.29) is 13.2 Å². The molecule has 6 heteroatoms. The Bertz CT molecular complexity index is 300. The molecule has 0 atom stereocenters. The van der Waals surface area contributed by atoms with Crippen LogP contribution in [0.4, 0.5) is 0 Å². The summed E-state index contributed by atoms with van der Waals surface area (Å²) in [6.45, 7) is 5.68. The quantitative estimate of drug-likeness (QED) is 0.330. The number of Topliss-reactive ketones (excluding diaryl/α,β-unsaturated/α-hetero) is 2. The lowest BCUT2D eigenvalue weighted by Gasteiger charge is -2.17. The van der Waals surface area contributed by atoms with Crippen LogP contribution in [0.1, 0.15) is 46.5 Å². The molecule has 0 spiro atoms. The van der Waals surface area contributed by atoms with E-state index >= 15 is 0 Å². The van der Waals surface area contributed by atoms with E-state index in [9.17, 15) is 14.2 Å². The van der Waals surface area contributed by atoms with Crippen LogP contribution < -0.4 is 0 Å². The Morgan fingerprint density at radius 3 is 1.78 bits per heavy atom. The Hall–Kier alpha value is -0.510. The monoisotopic (exact) mass is 278 g/mol. The zero-order valence-corrected chi connectivity index (χ0v) is 12.3. The number of carbonyl (C=O) groups excluding carboxylic acids is 2. The molecule has 0 N–H and O–H groups in total. The number of unbranched alkanes of at least 4 members (excludes halogenated alkanes) is 2. The molecule has 0 amide bonds. The van der Waals surface area contributed by atoms with E-state index in [1.165, 1.54) is 0 Å². The second kappa shape index (κ2) is 9.42. The van der Waals surface area contributed by atoms with Crippen molar-refractivity contribution in [1.82, 2.24) is 0 Å². The van der Waals surface area contributed by atoms with E-state index in [1.54, 1.807) is 0 Å². The predicted molar refractivity (Wildman–Crippen MR) is 69.9 cm³/mol. The summed E-state index contributed by atoms with van der Waals surface area (Å²) < 4.78 is 22.7. The van der Waals surface area contributed by atoms with Crippen molar-refractivity contribution in [2.45, 2.75) is 46.5 Å². The highest BCUT2D eigenvalue weighted by molar-refractivity contribution is 7.55. The molecule has 0 aromatic rings. The SMILES string of the molecule is CCCCOP(=O)(CC(=O)C(C)=O)OCCCC. The van der Waals surface area contributed by atoms with Gasteiger partial charge in [-0.15, -0.1) is 0 Å². The summed E-state index contributed by atoms with van der Waals surface area (Å²) in [6.07, 6.45) is 2.84. The highest BCUT2D eigenvalue weighted by Gasteiger charge is 2.29. The van der Waals surface area contributed by atoms with Gasteiger partial charge in [-0.1, -0.05) is 26.7 Å². The van der Waals surface area contributed by atoms with E-state index in [0.29, 0.717) is 0 Å². The maximum Gasteiger partial charge on any atom is 0.338 e. The first-order valence-electron chi connectivity index (χ1n) is 6.37. The summed E-state index contributed by atoms with van der Waals surface area (Å²) in [7, 11) is -3.46. The second-order valence-corrected chi connectivity index (χ2v) is 6.18. The van der Waals surface area contributed by atoms with E-state index in [1.807, 2.05) is 13.8 Å². The molecule has 0 aromatic carbocycles. The maximum absolute atomic E-state index is 12.3. The van der Waals surface area contributed by atoms with Gasteiger partial charge in [0.2, 0.25) is 5.78 Å². The van der Waals surface area contributed by atoms with Crippen LogP contribution >= 0.6 is 7.60 Å². The molecule has 5 nitrogen and oxygen atoms in total. The topological polar surface area (TPSA) is 69.7 Å². The smallest absolute Gasteiger partial charge is 0.308 e. The van der Waals surface area contributed by atoms with Gasteiger partial charge in [-0.2, -0.15) is 0 Å². The van der Waals surface area contributed by atoms with Crippen molar-refractivity contribution in [2.24, 2.45) is 0 Å². The molecule has 0 rings (SSSR count). The normalized spacial score (nSPS) is 11.5. The molecule has 0 saturated heterocycles. The average Bonchev–Trinajstić information content (AvgIpc) is 2.29. The van der Waals surface area contributed by atoms with Crippen molar-refractivity contribution >= 4 is 19.2 Å². The third-order valence-electron chi connectivity index (χ3n) is 2.30. The van der Waals surface area contributed by atoms with Crippen LogP contribution in [0, 0.1) is 0 Å². The van der Waals surface area contributed by atoms with E-state index in [4.69, 9.17) is 9.05 Å². The van der Waals surface area contributed by atoms with Gasteiger partial charge in [0.15, 0.2) is 5.78 Å². The molecule has 0 aliphatic carbocycles. The van der Waals surface area contributed by atoms with Crippen molar-refractivity contribution in [3.05, 3.63) is 0 Å². The lowest BCUT2D eigenvalue weighted by Crippen LogP contribution is -2.17. The molecule has 0 aromatic heterocycles. The Morgan fingerprint density at radius 2 is 1.44 bits per heavy atom. The van der Waals surface area contributed by atoms with Crippen LogP contribution in [-0.4, -0.2) is 30.9 Å². The first-order valence-corrected chi connectivity index (χ1v) is 8.10. The number of rotatable bonds is 11. The predicted octanol–water partition coefficient (Wildman–Crippen LogP) is 2.97. The molecule has 0 radical (unpaired) electrons. The van der Waals surface area contributed by atoms with Crippen LogP contribution in [0.25, 0.3) is 0 Å². The van der Waals surface area contributed by atoms with Gasteiger partial charge < -0.3 is 9.05 Å². The Balaban J connectivity index is 4.43. The summed E-state index contributed by atoms with van der Waals surface area (Å²) in [5.41, 5.74) is 0. The third-order valence-corrected chi connectivity index (χ3v) is 4.13. The fraction of sp³-hybridized carbons (Fsp3) is 0.833. The first kappa shape index (κ1) is 17.5. The average molecular weight is 278 g/mol. The summed E-state index contributed by atoms with van der Waals surface area (Å²) in [6, 6.07) is 0. The highest BCUT2D eigenvalue weighted by Crippen LogP contribution is 2.48. The van der Waals surface area contributed by atoms with Gasteiger partial charge in [-0.3, -0.25) is 14.2 Å². The molecule has 0 bridgehead atoms. The molecule has 18 heavy (non-hydrogen) atoms. The Labute approximate surface area is 109 Å². The highest BCUT2D eigenvalue weighted by atomic mass is 31.2. The minimum Gasteiger partial charge on any atom is -0.308 e. The minimum atomic E-state index is -3.46. The largest absolute Gasteiger partial charge is 0.338 e. The molecule has 0 fully saturated rings. The van der Waals surface area contributed by atoms with Gasteiger partial charge in [0.05, 0.1) is 13.2 Å². The van der Waals surface area contributed by atoms with Gasteiger partial charge in [-0.25, -0.2) is 0 Å². The van der Waals surface area contributed by atoms with E-state index in [2.05, 4.69) is 0 Å². The zero-order chi connectivity index (χ0) is 14.0. The number of ketones is 2. The summed E-state index contributed by atoms with van der Waals surface area (Å²) in [5, 5.41) is 0. The molecule has 0 unspecified atom stereocenters. The maximum atomic E-state index is 12.3. The lowest BCUT2D eigenvalue weighted by molar-refractivity contribution is -0.134. The molecular formula is C12H23O5P. The van der Waals surface area contributed by atoms with Crippen molar-refractivity contribution in [2.75, 3.05) is 19.4 Å². The van der Waals surface area contributed by atoms with E-state index in [0.717, 1.165) is 32.6 Å². The fourth-order valence-electron chi connectivity index (χ4n) is 1.11. The Kier molecular flexibility index (Phi) is 9.16. The van der Waals surface area contributed by atoms with Crippen molar-refractivity contribution in [3.8, 4) is 0 Å². The minimum absolute atomic E-state index is 0.283. The van der Waals surface area contributed by atoms with Crippen LogP contribution in [0.3, 0.4) is 0 Å². The molecular weight excluding hydrogens is 255 g/mol. The second-order valence-electron chi connectivity index (χ2n) is 4.12. The van der Waals surface area contributed by atoms with Crippen LogP contribution in [0.2, 0.25) is 0 Å². The summed E-state index contributed by atoms with van der Waals surface area (Å²) in [5.74, 6) is -1.32. The van der Waals surface area contributed by atoms with Gasteiger partial charge >= 0.3 is 7.60 Å². The number of carbonyl (C=O) groups is 2. The van der Waals surface area contributed by atoms with Crippen molar-refractivity contribution in [1.29, 1.82) is 0 Å². The molecule has 0 aliphatic rings. The van der Waals surface area contributed by atoms with E-state index < -0.39 is 25.3 Å². The molecule has 106 valence electrons. The van der Waals surface area contributed by atoms with Gasteiger partial charge in [0.1, 0.15) is 6.16 Å². The fourth-order valence-corrected chi connectivity index (χ4v) is 2.76. The van der Waals surface area contributed by atoms with Crippen LogP contribution in [0.5, 0.6) is 0 Å². The van der Waals surface area contributed by atoms with Crippen molar-refractivity contribution in [3.63, 3.8) is 0 Å². The standard InChI is InChI=1S/C12H23O5P/c1-4-6-8-16-18(15,17-9-7-5-2)10-12(14)11(3)13/h4-10H2,1-3H3. The molecule has 0 heterocycles. The van der Waals surface area contributed by atoms with Gasteiger partial charge in [0.25, 0.3) is 0 Å². The first-order chi connectivity index (χ1) is 8.45. The van der Waals surface area contributed by atoms with Crippen molar-refractivity contribution < 1.29 is 23.2 Å². The Morgan fingerprint density at radius 1 is 1.00 bits per heavy atom. The molecule has 0 aliphatic heterocycles. The van der Waals surface area contributed by atoms with Crippen LogP contribution in [-0.2, 0) is 23.2 Å². The zero-order valence-electron chi connectivity index (χ0n) is 11.4.